The molecule has 11 heavy (non-hydrogen) atoms. The van der Waals surface area contributed by atoms with Crippen molar-refractivity contribution in [3.05, 3.63) is 0 Å². The van der Waals surface area contributed by atoms with Crippen LogP contribution in [-0.4, -0.2) is 38.0 Å². The van der Waals surface area contributed by atoms with E-state index in [2.05, 4.69) is 27.8 Å². The fourth-order valence-corrected chi connectivity index (χ4v) is 1.36. The highest BCUT2D eigenvalue weighted by Gasteiger charge is 2.25. The highest BCUT2D eigenvalue weighted by atomic mass is 16.5. The average Bonchev–Trinajstić information content (AvgIpc) is 2.03. The molecule has 0 radical (unpaired) electrons. The lowest BCUT2D eigenvalue weighted by atomic mass is 10.3. The van der Waals surface area contributed by atoms with Crippen molar-refractivity contribution in [2.24, 2.45) is 0 Å². The Morgan fingerprint density at radius 2 is 1.91 bits per heavy atom. The maximum atomic E-state index is 5.33. The topological polar surface area (TPSA) is 9.23 Å². The summed E-state index contributed by atoms with van der Waals surface area (Å²) in [6.45, 7) is 8.91. The summed E-state index contributed by atoms with van der Waals surface area (Å²) in [5.74, 6) is 0. The molecule has 0 amide bonds. The summed E-state index contributed by atoms with van der Waals surface area (Å²) >= 11 is 0. The van der Waals surface area contributed by atoms with Crippen LogP contribution in [0.15, 0.2) is 0 Å². The van der Waals surface area contributed by atoms with Crippen molar-refractivity contribution in [1.82, 2.24) is 0 Å². The van der Waals surface area contributed by atoms with E-state index in [4.69, 9.17) is 4.74 Å². The summed E-state index contributed by atoms with van der Waals surface area (Å²) in [6, 6.07) is 0. The van der Waals surface area contributed by atoms with E-state index >= 15 is 0 Å². The first-order valence-electron chi connectivity index (χ1n) is 4.47. The van der Waals surface area contributed by atoms with Gasteiger partial charge >= 0.3 is 0 Å². The molecular formula is C9H22NO+. The largest absolute Gasteiger partial charge is 0.333 e. The van der Waals surface area contributed by atoms with Crippen molar-refractivity contribution in [2.45, 2.75) is 33.4 Å². The van der Waals surface area contributed by atoms with E-state index in [1.165, 1.54) is 13.0 Å². The molecule has 0 bridgehead atoms. The minimum absolute atomic E-state index is 0.319. The Hall–Kier alpha value is -0.0800. The van der Waals surface area contributed by atoms with E-state index in [0.717, 1.165) is 11.0 Å². The third-order valence-corrected chi connectivity index (χ3v) is 2.68. The summed E-state index contributed by atoms with van der Waals surface area (Å²) in [5.41, 5.74) is 0. The van der Waals surface area contributed by atoms with Crippen LogP contribution < -0.4 is 0 Å². The fraction of sp³-hybridized carbons (Fsp3) is 1.00. The standard InChI is InChI=1S/C9H22NO/c1-6-8-10(4,7-2)9(3)11-5/h9H,6-8H2,1-5H3/q+1. The van der Waals surface area contributed by atoms with Gasteiger partial charge in [-0.1, -0.05) is 6.92 Å². The zero-order chi connectivity index (χ0) is 8.91. The Bertz CT molecular complexity index is 106. The van der Waals surface area contributed by atoms with Crippen molar-refractivity contribution in [3.8, 4) is 0 Å². The second-order valence-corrected chi connectivity index (χ2v) is 3.35. The third-order valence-electron chi connectivity index (χ3n) is 2.68. The van der Waals surface area contributed by atoms with Crippen LogP contribution in [0.3, 0.4) is 0 Å². The van der Waals surface area contributed by atoms with E-state index in [0.29, 0.717) is 6.23 Å². The van der Waals surface area contributed by atoms with Gasteiger partial charge in [0.15, 0.2) is 6.23 Å². The van der Waals surface area contributed by atoms with E-state index in [1.807, 2.05) is 0 Å². The second-order valence-electron chi connectivity index (χ2n) is 3.35. The number of hydrogen-bond acceptors (Lipinski definition) is 1. The lowest BCUT2D eigenvalue weighted by molar-refractivity contribution is -0.950. The van der Waals surface area contributed by atoms with Gasteiger partial charge in [-0.05, 0) is 13.3 Å². The fourth-order valence-electron chi connectivity index (χ4n) is 1.36. The Labute approximate surface area is 70.7 Å². The van der Waals surface area contributed by atoms with Gasteiger partial charge in [0.05, 0.1) is 20.1 Å². The number of hydrogen-bond donors (Lipinski definition) is 0. The molecule has 0 heterocycles. The van der Waals surface area contributed by atoms with Gasteiger partial charge in [-0.3, -0.25) is 0 Å². The molecule has 0 aliphatic carbocycles. The zero-order valence-electron chi connectivity index (χ0n) is 8.55. The van der Waals surface area contributed by atoms with Crippen LogP contribution in [0.1, 0.15) is 27.2 Å². The molecule has 0 saturated carbocycles. The van der Waals surface area contributed by atoms with Gasteiger partial charge in [0.25, 0.3) is 0 Å². The van der Waals surface area contributed by atoms with Gasteiger partial charge in [0, 0.05) is 14.0 Å². The zero-order valence-corrected chi connectivity index (χ0v) is 8.55. The van der Waals surface area contributed by atoms with Crippen LogP contribution in [0, 0.1) is 0 Å². The van der Waals surface area contributed by atoms with Crippen molar-refractivity contribution in [2.75, 3.05) is 27.2 Å². The van der Waals surface area contributed by atoms with Gasteiger partial charge in [-0.2, -0.15) is 0 Å². The van der Waals surface area contributed by atoms with Crippen LogP contribution in [0.25, 0.3) is 0 Å². The van der Waals surface area contributed by atoms with Gasteiger partial charge in [-0.25, -0.2) is 0 Å². The lowest BCUT2D eigenvalue weighted by Gasteiger charge is -2.37. The molecule has 0 rings (SSSR count). The Morgan fingerprint density at radius 3 is 2.18 bits per heavy atom. The first-order chi connectivity index (χ1) is 5.10. The molecule has 68 valence electrons. The van der Waals surface area contributed by atoms with Crippen molar-refractivity contribution < 1.29 is 9.22 Å². The van der Waals surface area contributed by atoms with Crippen molar-refractivity contribution >= 4 is 0 Å². The Balaban J connectivity index is 4.07. The van der Waals surface area contributed by atoms with E-state index in [-0.39, 0.29) is 0 Å². The van der Waals surface area contributed by atoms with Gasteiger partial charge in [0.2, 0.25) is 0 Å². The molecule has 2 atom stereocenters. The maximum Gasteiger partial charge on any atom is 0.189 e. The van der Waals surface area contributed by atoms with E-state index in [1.54, 1.807) is 7.11 Å². The predicted octanol–water partition coefficient (Wildman–Crippen LogP) is 1.86. The number of ether oxygens (including phenoxy) is 1. The molecule has 0 aliphatic heterocycles. The van der Waals surface area contributed by atoms with Crippen LogP contribution in [0.5, 0.6) is 0 Å². The quantitative estimate of drug-likeness (QED) is 0.440. The molecule has 0 aliphatic rings. The summed E-state index contributed by atoms with van der Waals surface area (Å²) in [4.78, 5) is 0. The number of rotatable bonds is 5. The van der Waals surface area contributed by atoms with Crippen molar-refractivity contribution in [3.63, 3.8) is 0 Å². The van der Waals surface area contributed by atoms with Crippen LogP contribution in [0.4, 0.5) is 0 Å². The lowest BCUT2D eigenvalue weighted by Crippen LogP contribution is -2.52. The van der Waals surface area contributed by atoms with Gasteiger partial charge in [-0.15, -0.1) is 0 Å². The summed E-state index contributed by atoms with van der Waals surface area (Å²) in [6.07, 6.45) is 1.54. The number of nitrogens with zero attached hydrogens (tertiary/aromatic N) is 1. The van der Waals surface area contributed by atoms with Crippen molar-refractivity contribution in [1.29, 1.82) is 0 Å². The third kappa shape index (κ3) is 2.80. The number of quaternary nitrogens is 1. The molecule has 0 saturated heterocycles. The molecular weight excluding hydrogens is 138 g/mol. The minimum Gasteiger partial charge on any atom is -0.333 e. The van der Waals surface area contributed by atoms with Crippen LogP contribution in [0.2, 0.25) is 0 Å². The summed E-state index contributed by atoms with van der Waals surface area (Å²) in [5, 5.41) is 0. The SMILES string of the molecule is CCC[N+](C)(CC)C(C)OC. The first kappa shape index (κ1) is 10.9. The molecule has 0 N–H and O–H groups in total. The molecule has 0 spiro atoms. The van der Waals surface area contributed by atoms with Crippen LogP contribution >= 0.6 is 0 Å². The monoisotopic (exact) mass is 160 g/mol. The van der Waals surface area contributed by atoms with Gasteiger partial charge < -0.3 is 9.22 Å². The highest BCUT2D eigenvalue weighted by Crippen LogP contribution is 2.10. The average molecular weight is 160 g/mol. The summed E-state index contributed by atoms with van der Waals surface area (Å²) in [7, 11) is 4.03. The molecule has 0 aromatic rings. The van der Waals surface area contributed by atoms with Crippen LogP contribution in [-0.2, 0) is 4.74 Å². The van der Waals surface area contributed by atoms with Gasteiger partial charge in [0.1, 0.15) is 0 Å². The second kappa shape index (κ2) is 4.73. The smallest absolute Gasteiger partial charge is 0.189 e. The summed E-state index contributed by atoms with van der Waals surface area (Å²) < 4.78 is 6.35. The molecule has 2 unspecified atom stereocenters. The molecule has 2 heteroatoms. The molecule has 0 aromatic heterocycles. The Morgan fingerprint density at radius 1 is 1.36 bits per heavy atom. The molecule has 0 aromatic carbocycles. The Kier molecular flexibility index (Phi) is 4.69. The molecule has 2 nitrogen and oxygen atoms in total. The molecule has 0 fully saturated rings. The maximum absolute atomic E-state index is 5.33. The van der Waals surface area contributed by atoms with E-state index < -0.39 is 0 Å². The normalized spacial score (nSPS) is 19.4. The predicted molar refractivity (Wildman–Crippen MR) is 48.4 cm³/mol. The minimum atomic E-state index is 0.319. The first-order valence-corrected chi connectivity index (χ1v) is 4.47. The highest BCUT2D eigenvalue weighted by molar-refractivity contribution is 4.37. The van der Waals surface area contributed by atoms with E-state index in [9.17, 15) is 0 Å². The number of methoxy groups -OCH3 is 1.